The molecule has 2 heterocycles. The molecule has 0 saturated carbocycles. The van der Waals surface area contributed by atoms with Crippen molar-refractivity contribution in [2.75, 3.05) is 0 Å². The van der Waals surface area contributed by atoms with E-state index in [9.17, 15) is 4.79 Å². The van der Waals surface area contributed by atoms with Gasteiger partial charge < -0.3 is 10.3 Å². The molecule has 5 nitrogen and oxygen atoms in total. The predicted octanol–water partition coefficient (Wildman–Crippen LogP) is 3.66. The van der Waals surface area contributed by atoms with E-state index in [1.807, 2.05) is 47.4 Å². The lowest BCUT2D eigenvalue weighted by Crippen LogP contribution is -2.23. The van der Waals surface area contributed by atoms with Crippen molar-refractivity contribution in [1.29, 1.82) is 0 Å². The van der Waals surface area contributed by atoms with Gasteiger partial charge in [-0.05, 0) is 35.2 Å². The standard InChI is InChI=1S/C22H22N4O/c27-22(11-10-18-15-23-21-9-4-3-8-20(18)21)24-14-17-6-1-2-7-19(17)16-26-13-5-12-25-26/h1-9,12-13,15,23H,10-11,14,16H2,(H,24,27). The molecule has 0 unspecified atom stereocenters. The molecule has 2 N–H and O–H groups in total. The third kappa shape index (κ3) is 4.08. The number of fused-ring (bicyclic) bond motifs is 1. The van der Waals surface area contributed by atoms with Crippen molar-refractivity contribution in [1.82, 2.24) is 20.1 Å². The fraction of sp³-hybridized carbons (Fsp3) is 0.182. The number of amides is 1. The summed E-state index contributed by atoms with van der Waals surface area (Å²) in [5.74, 6) is 0.0640. The van der Waals surface area contributed by atoms with Gasteiger partial charge in [0.25, 0.3) is 0 Å². The van der Waals surface area contributed by atoms with Crippen molar-refractivity contribution < 1.29 is 4.79 Å². The van der Waals surface area contributed by atoms with Gasteiger partial charge in [0.05, 0.1) is 6.54 Å². The summed E-state index contributed by atoms with van der Waals surface area (Å²) in [5, 5.41) is 8.50. The van der Waals surface area contributed by atoms with Crippen LogP contribution in [0.25, 0.3) is 10.9 Å². The van der Waals surface area contributed by atoms with Crippen LogP contribution in [0.15, 0.2) is 73.2 Å². The second-order valence-corrected chi connectivity index (χ2v) is 6.61. The maximum atomic E-state index is 12.3. The number of aryl methyl sites for hydroxylation is 1. The SMILES string of the molecule is O=C(CCc1c[nH]c2ccccc12)NCc1ccccc1Cn1cccn1. The number of H-pyrrole nitrogens is 1. The molecule has 5 heteroatoms. The molecule has 1 amide bonds. The summed E-state index contributed by atoms with van der Waals surface area (Å²) >= 11 is 0. The molecule has 2 aromatic heterocycles. The Morgan fingerprint density at radius 1 is 1.00 bits per heavy atom. The van der Waals surface area contributed by atoms with Crippen LogP contribution in [0.2, 0.25) is 0 Å². The number of aromatic nitrogens is 3. The quantitative estimate of drug-likeness (QED) is 0.530. The maximum Gasteiger partial charge on any atom is 0.220 e. The van der Waals surface area contributed by atoms with Gasteiger partial charge in [0.2, 0.25) is 5.91 Å². The summed E-state index contributed by atoms with van der Waals surface area (Å²) in [5.41, 5.74) is 4.58. The lowest BCUT2D eigenvalue weighted by atomic mass is 10.1. The van der Waals surface area contributed by atoms with E-state index >= 15 is 0 Å². The topological polar surface area (TPSA) is 62.7 Å². The van der Waals surface area contributed by atoms with E-state index in [4.69, 9.17) is 0 Å². The molecule has 0 radical (unpaired) electrons. The Balaban J connectivity index is 1.34. The smallest absolute Gasteiger partial charge is 0.220 e. The Kier molecular flexibility index (Phi) is 5.01. The predicted molar refractivity (Wildman–Crippen MR) is 106 cm³/mol. The zero-order valence-electron chi connectivity index (χ0n) is 15.1. The fourth-order valence-electron chi connectivity index (χ4n) is 3.32. The van der Waals surface area contributed by atoms with Crippen LogP contribution in [-0.2, 0) is 24.3 Å². The third-order valence-corrected chi connectivity index (χ3v) is 4.78. The first kappa shape index (κ1) is 17.1. The van der Waals surface area contributed by atoms with Gasteiger partial charge in [-0.15, -0.1) is 0 Å². The minimum atomic E-state index is 0.0640. The number of nitrogens with one attached hydrogen (secondary N) is 2. The number of nitrogens with zero attached hydrogens (tertiary/aromatic N) is 2. The molecule has 0 aliphatic heterocycles. The summed E-state index contributed by atoms with van der Waals surface area (Å²) in [6.45, 7) is 1.23. The van der Waals surface area contributed by atoms with Gasteiger partial charge in [0.1, 0.15) is 0 Å². The summed E-state index contributed by atoms with van der Waals surface area (Å²) in [6, 6.07) is 18.2. The number of benzene rings is 2. The molecule has 0 aliphatic rings. The first-order chi connectivity index (χ1) is 13.3. The van der Waals surface area contributed by atoms with Crippen molar-refractivity contribution in [3.8, 4) is 0 Å². The number of para-hydroxylation sites is 1. The number of hydrogen-bond donors (Lipinski definition) is 2. The Hall–Kier alpha value is -3.34. The van der Waals surface area contributed by atoms with Gasteiger partial charge in [-0.25, -0.2) is 0 Å². The van der Waals surface area contributed by atoms with Gasteiger partial charge in [-0.2, -0.15) is 5.10 Å². The number of hydrogen-bond acceptors (Lipinski definition) is 2. The van der Waals surface area contributed by atoms with Crippen molar-refractivity contribution >= 4 is 16.8 Å². The van der Waals surface area contributed by atoms with Gasteiger partial charge in [-0.1, -0.05) is 42.5 Å². The fourth-order valence-corrected chi connectivity index (χ4v) is 3.32. The zero-order chi connectivity index (χ0) is 18.5. The van der Waals surface area contributed by atoms with Crippen LogP contribution in [0.4, 0.5) is 0 Å². The van der Waals surface area contributed by atoms with E-state index in [0.29, 0.717) is 19.5 Å². The van der Waals surface area contributed by atoms with Crippen LogP contribution in [0.3, 0.4) is 0 Å². The average Bonchev–Trinajstić information content (AvgIpc) is 3.35. The van der Waals surface area contributed by atoms with E-state index < -0.39 is 0 Å². The van der Waals surface area contributed by atoms with E-state index in [0.717, 1.165) is 23.1 Å². The number of carbonyl (C=O) groups excluding carboxylic acids is 1. The molecule has 0 saturated heterocycles. The number of aromatic amines is 1. The van der Waals surface area contributed by atoms with E-state index in [1.165, 1.54) is 10.9 Å². The Morgan fingerprint density at radius 2 is 1.81 bits per heavy atom. The highest BCUT2D eigenvalue weighted by Crippen LogP contribution is 2.19. The summed E-state index contributed by atoms with van der Waals surface area (Å²) in [4.78, 5) is 15.6. The highest BCUT2D eigenvalue weighted by Gasteiger charge is 2.08. The lowest BCUT2D eigenvalue weighted by Gasteiger charge is -2.11. The molecule has 0 fully saturated rings. The van der Waals surface area contributed by atoms with Crippen LogP contribution >= 0.6 is 0 Å². The molecule has 0 aliphatic carbocycles. The largest absolute Gasteiger partial charge is 0.361 e. The highest BCUT2D eigenvalue weighted by molar-refractivity contribution is 5.84. The number of carbonyl (C=O) groups is 1. The lowest BCUT2D eigenvalue weighted by molar-refractivity contribution is -0.121. The van der Waals surface area contributed by atoms with Crippen LogP contribution in [0.1, 0.15) is 23.1 Å². The normalized spacial score (nSPS) is 11.0. The molecule has 0 atom stereocenters. The average molecular weight is 358 g/mol. The minimum Gasteiger partial charge on any atom is -0.361 e. The first-order valence-electron chi connectivity index (χ1n) is 9.15. The molecular weight excluding hydrogens is 336 g/mol. The van der Waals surface area contributed by atoms with Crippen LogP contribution < -0.4 is 5.32 Å². The molecule has 2 aromatic carbocycles. The highest BCUT2D eigenvalue weighted by atomic mass is 16.1. The molecular formula is C22H22N4O. The molecule has 0 spiro atoms. The van der Waals surface area contributed by atoms with Gasteiger partial charge in [-0.3, -0.25) is 9.48 Å². The Bertz CT molecular complexity index is 1030. The summed E-state index contributed by atoms with van der Waals surface area (Å²) < 4.78 is 1.89. The van der Waals surface area contributed by atoms with Crippen LogP contribution in [0, 0.1) is 0 Å². The van der Waals surface area contributed by atoms with Crippen molar-refractivity contribution in [2.45, 2.75) is 25.9 Å². The Morgan fingerprint density at radius 3 is 2.67 bits per heavy atom. The molecule has 136 valence electrons. The summed E-state index contributed by atoms with van der Waals surface area (Å²) in [6.07, 6.45) is 6.91. The molecule has 0 bridgehead atoms. The first-order valence-corrected chi connectivity index (χ1v) is 9.15. The molecule has 4 aromatic rings. The van der Waals surface area contributed by atoms with Crippen molar-refractivity contribution in [2.24, 2.45) is 0 Å². The second kappa shape index (κ2) is 7.91. The van der Waals surface area contributed by atoms with Gasteiger partial charge in [0.15, 0.2) is 0 Å². The number of rotatable bonds is 7. The van der Waals surface area contributed by atoms with Crippen molar-refractivity contribution in [3.05, 3.63) is 89.9 Å². The van der Waals surface area contributed by atoms with Crippen LogP contribution in [-0.4, -0.2) is 20.7 Å². The Labute approximate surface area is 158 Å². The summed E-state index contributed by atoms with van der Waals surface area (Å²) in [7, 11) is 0. The minimum absolute atomic E-state index is 0.0640. The van der Waals surface area contributed by atoms with E-state index in [1.54, 1.807) is 6.20 Å². The molecule has 27 heavy (non-hydrogen) atoms. The third-order valence-electron chi connectivity index (χ3n) is 4.78. The van der Waals surface area contributed by atoms with Crippen LogP contribution in [0.5, 0.6) is 0 Å². The zero-order valence-corrected chi connectivity index (χ0v) is 15.1. The molecule has 4 rings (SSSR count). The monoisotopic (exact) mass is 358 g/mol. The van der Waals surface area contributed by atoms with E-state index in [-0.39, 0.29) is 5.91 Å². The maximum absolute atomic E-state index is 12.3. The van der Waals surface area contributed by atoms with Crippen molar-refractivity contribution in [3.63, 3.8) is 0 Å². The second-order valence-electron chi connectivity index (χ2n) is 6.61. The van der Waals surface area contributed by atoms with Gasteiger partial charge in [0, 0.05) is 42.5 Å². The van der Waals surface area contributed by atoms with E-state index in [2.05, 4.69) is 39.7 Å². The van der Waals surface area contributed by atoms with Gasteiger partial charge >= 0.3 is 0 Å².